The number of nitrogens with one attached hydrogen (secondary N) is 1. The zero-order chi connectivity index (χ0) is 13.7. The first-order valence-corrected chi connectivity index (χ1v) is 5.71. The van der Waals surface area contributed by atoms with Crippen LogP contribution in [0.1, 0.15) is 16.1 Å². The summed E-state index contributed by atoms with van der Waals surface area (Å²) in [4.78, 5) is 26.5. The van der Waals surface area contributed by atoms with Crippen LogP contribution in [0.4, 0.5) is 0 Å². The van der Waals surface area contributed by atoms with Crippen LogP contribution in [-0.4, -0.2) is 26.5 Å². The maximum Gasteiger partial charge on any atom is 0.323 e. The van der Waals surface area contributed by atoms with Gasteiger partial charge in [0.25, 0.3) is 5.91 Å². The van der Waals surface area contributed by atoms with Gasteiger partial charge in [0.1, 0.15) is 12.2 Å². The Hall–Kier alpha value is -2.63. The topological polar surface area (TPSA) is 84.2 Å². The van der Waals surface area contributed by atoms with Gasteiger partial charge in [0.05, 0.1) is 0 Å². The predicted octanol–water partition coefficient (Wildman–Crippen LogP) is 0.898. The van der Waals surface area contributed by atoms with Crippen molar-refractivity contribution in [2.24, 2.45) is 0 Å². The fourth-order valence-corrected chi connectivity index (χ4v) is 1.68. The summed E-state index contributed by atoms with van der Waals surface area (Å²) in [6.07, 6.45) is 4.88. The SMILES string of the molecule is O=C(O)Cn1cccc1C(=O)NCc1cccnc1. The van der Waals surface area contributed by atoms with E-state index in [-0.39, 0.29) is 12.5 Å². The molecule has 0 aliphatic carbocycles. The van der Waals surface area contributed by atoms with Gasteiger partial charge < -0.3 is 15.0 Å². The average molecular weight is 259 g/mol. The Morgan fingerprint density at radius 3 is 2.84 bits per heavy atom. The smallest absolute Gasteiger partial charge is 0.323 e. The van der Waals surface area contributed by atoms with Crippen molar-refractivity contribution in [3.8, 4) is 0 Å². The van der Waals surface area contributed by atoms with Gasteiger partial charge in [-0.3, -0.25) is 14.6 Å². The van der Waals surface area contributed by atoms with Gasteiger partial charge in [-0.15, -0.1) is 0 Å². The van der Waals surface area contributed by atoms with E-state index in [4.69, 9.17) is 5.11 Å². The Morgan fingerprint density at radius 2 is 2.16 bits per heavy atom. The quantitative estimate of drug-likeness (QED) is 0.835. The third-order valence-electron chi connectivity index (χ3n) is 2.54. The van der Waals surface area contributed by atoms with Crippen LogP contribution in [0, 0.1) is 0 Å². The fraction of sp³-hybridized carbons (Fsp3) is 0.154. The molecule has 0 spiro atoms. The molecule has 0 aliphatic heterocycles. The van der Waals surface area contributed by atoms with E-state index in [2.05, 4.69) is 10.3 Å². The molecule has 2 aromatic heterocycles. The third kappa shape index (κ3) is 3.41. The van der Waals surface area contributed by atoms with Gasteiger partial charge in [-0.25, -0.2) is 0 Å². The fourth-order valence-electron chi connectivity index (χ4n) is 1.68. The summed E-state index contributed by atoms with van der Waals surface area (Å²) in [6.45, 7) is 0.119. The number of nitrogens with zero attached hydrogens (tertiary/aromatic N) is 2. The maximum atomic E-state index is 11.9. The standard InChI is InChI=1S/C13H13N3O3/c17-12(18)9-16-6-2-4-11(16)13(19)15-8-10-3-1-5-14-7-10/h1-7H,8-9H2,(H,15,19)(H,17,18). The van der Waals surface area contributed by atoms with Gasteiger partial charge in [0, 0.05) is 25.1 Å². The van der Waals surface area contributed by atoms with Crippen LogP contribution < -0.4 is 5.32 Å². The van der Waals surface area contributed by atoms with Crippen LogP contribution in [0.3, 0.4) is 0 Å². The molecule has 1 amide bonds. The Bertz CT molecular complexity index is 578. The molecule has 0 unspecified atom stereocenters. The Balaban J connectivity index is 2.00. The number of carbonyl (C=O) groups excluding carboxylic acids is 1. The summed E-state index contributed by atoms with van der Waals surface area (Å²) in [5, 5.41) is 11.5. The van der Waals surface area contributed by atoms with Crippen molar-refractivity contribution in [3.05, 3.63) is 54.1 Å². The van der Waals surface area contributed by atoms with E-state index >= 15 is 0 Å². The minimum absolute atomic E-state index is 0.233. The molecule has 0 fully saturated rings. The molecule has 0 saturated carbocycles. The average Bonchev–Trinajstić information content (AvgIpc) is 2.84. The van der Waals surface area contributed by atoms with Gasteiger partial charge in [-0.05, 0) is 23.8 Å². The normalized spacial score (nSPS) is 10.1. The van der Waals surface area contributed by atoms with E-state index in [1.807, 2.05) is 6.07 Å². The first kappa shape index (κ1) is 12.8. The number of carboxylic acid groups (broad SMARTS) is 1. The molecule has 0 aliphatic rings. The third-order valence-corrected chi connectivity index (χ3v) is 2.54. The highest BCUT2D eigenvalue weighted by molar-refractivity contribution is 5.93. The largest absolute Gasteiger partial charge is 0.480 e. The molecule has 2 aromatic rings. The second-order valence-corrected chi connectivity index (χ2v) is 3.96. The van der Waals surface area contributed by atoms with E-state index in [1.165, 1.54) is 4.57 Å². The van der Waals surface area contributed by atoms with Gasteiger partial charge in [0.2, 0.25) is 0 Å². The number of aliphatic carboxylic acids is 1. The van der Waals surface area contributed by atoms with Gasteiger partial charge >= 0.3 is 5.97 Å². The monoisotopic (exact) mass is 259 g/mol. The van der Waals surface area contributed by atoms with Crippen LogP contribution in [0.5, 0.6) is 0 Å². The number of aromatic nitrogens is 2. The number of carbonyl (C=O) groups is 2. The number of amides is 1. The van der Waals surface area contributed by atoms with Crippen molar-refractivity contribution in [1.29, 1.82) is 0 Å². The lowest BCUT2D eigenvalue weighted by Gasteiger charge is -2.07. The van der Waals surface area contributed by atoms with Crippen molar-refractivity contribution in [2.75, 3.05) is 0 Å². The highest BCUT2D eigenvalue weighted by Crippen LogP contribution is 2.03. The highest BCUT2D eigenvalue weighted by atomic mass is 16.4. The molecule has 2 rings (SSSR count). The van der Waals surface area contributed by atoms with Crippen LogP contribution in [-0.2, 0) is 17.9 Å². The van der Waals surface area contributed by atoms with Crippen molar-refractivity contribution < 1.29 is 14.7 Å². The number of carboxylic acids is 1. The second-order valence-electron chi connectivity index (χ2n) is 3.96. The molecular formula is C13H13N3O3. The number of rotatable bonds is 5. The number of pyridine rings is 1. The summed E-state index contributed by atoms with van der Waals surface area (Å²) >= 11 is 0. The lowest BCUT2D eigenvalue weighted by molar-refractivity contribution is -0.137. The van der Waals surface area contributed by atoms with E-state index < -0.39 is 5.97 Å². The summed E-state index contributed by atoms with van der Waals surface area (Å²) < 4.78 is 1.39. The lowest BCUT2D eigenvalue weighted by Crippen LogP contribution is -2.26. The molecule has 2 heterocycles. The molecular weight excluding hydrogens is 246 g/mol. The van der Waals surface area contributed by atoms with Crippen LogP contribution in [0.2, 0.25) is 0 Å². The van der Waals surface area contributed by atoms with E-state index in [1.54, 1.807) is 36.8 Å². The molecule has 0 atom stereocenters. The molecule has 0 radical (unpaired) electrons. The van der Waals surface area contributed by atoms with E-state index in [0.717, 1.165) is 5.56 Å². The summed E-state index contributed by atoms with van der Waals surface area (Å²) in [5.74, 6) is -1.30. The zero-order valence-corrected chi connectivity index (χ0v) is 10.1. The Labute approximate surface area is 109 Å². The van der Waals surface area contributed by atoms with Crippen molar-refractivity contribution in [3.63, 3.8) is 0 Å². The maximum absolute atomic E-state index is 11.9. The number of hydrogen-bond acceptors (Lipinski definition) is 3. The minimum Gasteiger partial charge on any atom is -0.480 e. The Morgan fingerprint density at radius 1 is 1.32 bits per heavy atom. The first-order valence-electron chi connectivity index (χ1n) is 5.71. The lowest BCUT2D eigenvalue weighted by atomic mass is 10.3. The van der Waals surface area contributed by atoms with Crippen molar-refractivity contribution >= 4 is 11.9 Å². The molecule has 19 heavy (non-hydrogen) atoms. The molecule has 6 nitrogen and oxygen atoms in total. The zero-order valence-electron chi connectivity index (χ0n) is 10.1. The molecule has 0 aromatic carbocycles. The highest BCUT2D eigenvalue weighted by Gasteiger charge is 2.12. The molecule has 0 saturated heterocycles. The minimum atomic E-state index is -0.988. The van der Waals surface area contributed by atoms with Crippen LogP contribution >= 0.6 is 0 Å². The Kier molecular flexibility index (Phi) is 3.92. The summed E-state index contributed by atoms with van der Waals surface area (Å²) in [7, 11) is 0. The predicted molar refractivity (Wildman–Crippen MR) is 67.5 cm³/mol. The van der Waals surface area contributed by atoms with E-state index in [9.17, 15) is 9.59 Å². The summed E-state index contributed by atoms with van der Waals surface area (Å²) in [6, 6.07) is 6.86. The molecule has 6 heteroatoms. The van der Waals surface area contributed by atoms with Gasteiger partial charge in [-0.2, -0.15) is 0 Å². The van der Waals surface area contributed by atoms with Crippen LogP contribution in [0.15, 0.2) is 42.9 Å². The number of hydrogen-bond donors (Lipinski definition) is 2. The van der Waals surface area contributed by atoms with E-state index in [0.29, 0.717) is 12.2 Å². The van der Waals surface area contributed by atoms with Gasteiger partial charge in [-0.1, -0.05) is 6.07 Å². The van der Waals surface area contributed by atoms with Gasteiger partial charge in [0.15, 0.2) is 0 Å². The summed E-state index contributed by atoms with van der Waals surface area (Å²) in [5.41, 5.74) is 1.21. The molecule has 0 bridgehead atoms. The molecule has 98 valence electrons. The van der Waals surface area contributed by atoms with Crippen LogP contribution in [0.25, 0.3) is 0 Å². The second kappa shape index (κ2) is 5.81. The molecule has 2 N–H and O–H groups in total. The van der Waals surface area contributed by atoms with Crippen molar-refractivity contribution in [2.45, 2.75) is 13.1 Å². The first-order chi connectivity index (χ1) is 9.16. The van der Waals surface area contributed by atoms with Crippen molar-refractivity contribution in [1.82, 2.24) is 14.9 Å².